The van der Waals surface area contributed by atoms with Crippen molar-refractivity contribution in [1.29, 1.82) is 0 Å². The minimum atomic E-state index is -0.620. The van der Waals surface area contributed by atoms with Gasteiger partial charge in [-0.1, -0.05) is 0 Å². The molecule has 0 spiro atoms. The zero-order valence-corrected chi connectivity index (χ0v) is 7.87. The standard InChI is InChI=1S/C10H9FN2O2/c11-7-1-3-8(4-2-7)13-6-5-12-9(14)10(13)15/h1-4H,5-6H2,(H,12,14). The predicted octanol–water partition coefficient (Wildman–Crippen LogP) is 0.288. The Kier molecular flexibility index (Phi) is 2.37. The fourth-order valence-corrected chi connectivity index (χ4v) is 1.45. The van der Waals surface area contributed by atoms with Gasteiger partial charge in [-0.2, -0.15) is 0 Å². The molecule has 0 unspecified atom stereocenters. The minimum Gasteiger partial charge on any atom is -0.346 e. The first kappa shape index (κ1) is 9.64. The number of rotatable bonds is 1. The van der Waals surface area contributed by atoms with Crippen molar-refractivity contribution in [2.75, 3.05) is 18.0 Å². The zero-order chi connectivity index (χ0) is 10.8. The number of halogens is 1. The van der Waals surface area contributed by atoms with E-state index in [-0.39, 0.29) is 5.82 Å². The number of piperazine rings is 1. The van der Waals surface area contributed by atoms with Crippen molar-refractivity contribution in [3.05, 3.63) is 30.1 Å². The van der Waals surface area contributed by atoms with Gasteiger partial charge in [-0.25, -0.2) is 4.39 Å². The van der Waals surface area contributed by atoms with Gasteiger partial charge in [-0.05, 0) is 24.3 Å². The molecule has 4 nitrogen and oxygen atoms in total. The molecular formula is C10H9FN2O2. The number of nitrogens with one attached hydrogen (secondary N) is 1. The smallest absolute Gasteiger partial charge is 0.316 e. The second kappa shape index (κ2) is 3.68. The molecule has 2 amide bonds. The van der Waals surface area contributed by atoms with Crippen molar-refractivity contribution in [2.24, 2.45) is 0 Å². The monoisotopic (exact) mass is 208 g/mol. The number of hydrogen-bond donors (Lipinski definition) is 1. The van der Waals surface area contributed by atoms with E-state index in [1.807, 2.05) is 0 Å². The Bertz CT molecular complexity index is 402. The zero-order valence-electron chi connectivity index (χ0n) is 7.87. The molecule has 0 saturated carbocycles. The predicted molar refractivity (Wildman–Crippen MR) is 51.8 cm³/mol. The first-order valence-corrected chi connectivity index (χ1v) is 4.54. The first-order chi connectivity index (χ1) is 7.18. The lowest BCUT2D eigenvalue weighted by Gasteiger charge is -2.26. The molecular weight excluding hydrogens is 199 g/mol. The summed E-state index contributed by atoms with van der Waals surface area (Å²) in [5, 5.41) is 2.44. The van der Waals surface area contributed by atoms with E-state index in [0.29, 0.717) is 18.8 Å². The lowest BCUT2D eigenvalue weighted by molar-refractivity contribution is -0.138. The molecule has 5 heteroatoms. The SMILES string of the molecule is O=C1NCCN(c2ccc(F)cc2)C1=O. The number of amides is 2. The van der Waals surface area contributed by atoms with Crippen LogP contribution < -0.4 is 10.2 Å². The summed E-state index contributed by atoms with van der Waals surface area (Å²) in [6.45, 7) is 0.832. The molecule has 0 atom stereocenters. The number of carbonyl (C=O) groups excluding carboxylic acids is 2. The van der Waals surface area contributed by atoms with Crippen LogP contribution in [-0.4, -0.2) is 24.9 Å². The summed E-state index contributed by atoms with van der Waals surface area (Å²) in [5.74, 6) is -1.59. The highest BCUT2D eigenvalue weighted by Gasteiger charge is 2.26. The van der Waals surface area contributed by atoms with E-state index in [1.54, 1.807) is 0 Å². The maximum absolute atomic E-state index is 12.6. The largest absolute Gasteiger partial charge is 0.346 e. The molecule has 1 aromatic carbocycles. The quantitative estimate of drug-likeness (QED) is 0.674. The molecule has 15 heavy (non-hydrogen) atoms. The molecule has 78 valence electrons. The van der Waals surface area contributed by atoms with Crippen LogP contribution in [0.1, 0.15) is 0 Å². The lowest BCUT2D eigenvalue weighted by Crippen LogP contribution is -2.52. The van der Waals surface area contributed by atoms with Gasteiger partial charge >= 0.3 is 11.8 Å². The summed E-state index contributed by atoms with van der Waals surface area (Å²) in [6.07, 6.45) is 0. The molecule has 2 rings (SSSR count). The molecule has 0 aromatic heterocycles. The summed E-state index contributed by atoms with van der Waals surface area (Å²) < 4.78 is 12.6. The highest BCUT2D eigenvalue weighted by molar-refractivity contribution is 6.41. The van der Waals surface area contributed by atoms with E-state index in [9.17, 15) is 14.0 Å². The number of benzene rings is 1. The topological polar surface area (TPSA) is 49.4 Å². The lowest BCUT2D eigenvalue weighted by atomic mass is 10.2. The highest BCUT2D eigenvalue weighted by Crippen LogP contribution is 2.15. The molecule has 0 aliphatic carbocycles. The van der Waals surface area contributed by atoms with Crippen molar-refractivity contribution >= 4 is 17.5 Å². The summed E-state index contributed by atoms with van der Waals surface area (Å²) in [6, 6.07) is 5.47. The average molecular weight is 208 g/mol. The molecule has 1 saturated heterocycles. The van der Waals surface area contributed by atoms with Crippen molar-refractivity contribution in [3.63, 3.8) is 0 Å². The van der Waals surface area contributed by atoms with Crippen LogP contribution in [0, 0.1) is 5.82 Å². The Morgan fingerprint density at radius 1 is 1.20 bits per heavy atom. The van der Waals surface area contributed by atoms with Crippen LogP contribution in [-0.2, 0) is 9.59 Å². The van der Waals surface area contributed by atoms with Gasteiger partial charge in [0.1, 0.15) is 5.82 Å². The van der Waals surface area contributed by atoms with Crippen LogP contribution in [0.3, 0.4) is 0 Å². The molecule has 1 fully saturated rings. The first-order valence-electron chi connectivity index (χ1n) is 4.54. The van der Waals surface area contributed by atoms with Crippen LogP contribution in [0.25, 0.3) is 0 Å². The van der Waals surface area contributed by atoms with Gasteiger partial charge in [-0.15, -0.1) is 0 Å². The van der Waals surface area contributed by atoms with Gasteiger partial charge in [0.15, 0.2) is 0 Å². The second-order valence-corrected chi connectivity index (χ2v) is 3.19. The van der Waals surface area contributed by atoms with E-state index in [4.69, 9.17) is 0 Å². The third kappa shape index (κ3) is 1.81. The van der Waals surface area contributed by atoms with Crippen LogP contribution in [0.5, 0.6) is 0 Å². The number of hydrogen-bond acceptors (Lipinski definition) is 2. The molecule has 1 aromatic rings. The Labute approximate surface area is 85.7 Å². The van der Waals surface area contributed by atoms with Crippen molar-refractivity contribution in [1.82, 2.24) is 5.32 Å². The maximum atomic E-state index is 12.6. The second-order valence-electron chi connectivity index (χ2n) is 3.19. The molecule has 0 radical (unpaired) electrons. The van der Waals surface area contributed by atoms with E-state index in [0.717, 1.165) is 0 Å². The van der Waals surface area contributed by atoms with Crippen LogP contribution in [0.15, 0.2) is 24.3 Å². The third-order valence-corrected chi connectivity index (χ3v) is 2.20. The van der Waals surface area contributed by atoms with E-state index < -0.39 is 11.8 Å². The van der Waals surface area contributed by atoms with Crippen LogP contribution in [0.2, 0.25) is 0 Å². The molecule has 1 aliphatic heterocycles. The summed E-state index contributed by atoms with van der Waals surface area (Å²) >= 11 is 0. The molecule has 1 aliphatic rings. The normalized spacial score (nSPS) is 16.5. The van der Waals surface area contributed by atoms with Gasteiger partial charge in [0, 0.05) is 18.8 Å². The van der Waals surface area contributed by atoms with Crippen LogP contribution >= 0.6 is 0 Å². The molecule has 1 heterocycles. The van der Waals surface area contributed by atoms with E-state index >= 15 is 0 Å². The Morgan fingerprint density at radius 2 is 1.87 bits per heavy atom. The van der Waals surface area contributed by atoms with Gasteiger partial charge in [0.05, 0.1) is 0 Å². The van der Waals surface area contributed by atoms with Gasteiger partial charge < -0.3 is 10.2 Å². The summed E-state index contributed by atoms with van der Waals surface area (Å²) in [5.41, 5.74) is 0.538. The number of nitrogens with zero attached hydrogens (tertiary/aromatic N) is 1. The van der Waals surface area contributed by atoms with Crippen LogP contribution in [0.4, 0.5) is 10.1 Å². The third-order valence-electron chi connectivity index (χ3n) is 2.20. The average Bonchev–Trinajstić information content (AvgIpc) is 2.24. The molecule has 0 bridgehead atoms. The Balaban J connectivity index is 2.26. The fourth-order valence-electron chi connectivity index (χ4n) is 1.45. The van der Waals surface area contributed by atoms with Crippen molar-refractivity contribution in [3.8, 4) is 0 Å². The van der Waals surface area contributed by atoms with Crippen molar-refractivity contribution in [2.45, 2.75) is 0 Å². The fraction of sp³-hybridized carbons (Fsp3) is 0.200. The van der Waals surface area contributed by atoms with Gasteiger partial charge in [-0.3, -0.25) is 9.59 Å². The van der Waals surface area contributed by atoms with Gasteiger partial charge in [0.25, 0.3) is 0 Å². The summed E-state index contributed by atoms with van der Waals surface area (Å²) in [7, 11) is 0. The Hall–Kier alpha value is -1.91. The Morgan fingerprint density at radius 3 is 2.53 bits per heavy atom. The summed E-state index contributed by atoms with van der Waals surface area (Å²) in [4.78, 5) is 23.8. The number of anilines is 1. The van der Waals surface area contributed by atoms with Gasteiger partial charge in [0.2, 0.25) is 0 Å². The maximum Gasteiger partial charge on any atom is 0.316 e. The highest BCUT2D eigenvalue weighted by atomic mass is 19.1. The van der Waals surface area contributed by atoms with E-state index in [2.05, 4.69) is 5.32 Å². The molecule has 1 N–H and O–H groups in total. The minimum absolute atomic E-state index is 0.368. The number of carbonyl (C=O) groups is 2. The van der Waals surface area contributed by atoms with E-state index in [1.165, 1.54) is 29.2 Å². The van der Waals surface area contributed by atoms with Crippen molar-refractivity contribution < 1.29 is 14.0 Å².